The third kappa shape index (κ3) is 2.54. The van der Waals surface area contributed by atoms with Crippen LogP contribution in [0.3, 0.4) is 0 Å². The van der Waals surface area contributed by atoms with E-state index in [0.29, 0.717) is 0 Å². The van der Waals surface area contributed by atoms with Crippen LogP contribution in [0.1, 0.15) is 26.2 Å². The van der Waals surface area contributed by atoms with Crippen molar-refractivity contribution in [3.8, 4) is 0 Å². The van der Waals surface area contributed by atoms with Gasteiger partial charge in [0.05, 0.1) is 0 Å². The fourth-order valence-electron chi connectivity index (χ4n) is 2.04. The molecule has 2 rings (SSSR count). The zero-order valence-corrected chi connectivity index (χ0v) is 10.1. The largest absolute Gasteiger partial charge is 0.355 e. The lowest BCUT2D eigenvalue weighted by Crippen LogP contribution is -2.03. The van der Waals surface area contributed by atoms with E-state index in [1.54, 1.807) is 0 Å². The quantitative estimate of drug-likeness (QED) is 0.686. The van der Waals surface area contributed by atoms with Crippen LogP contribution in [0.25, 0.3) is 0 Å². The van der Waals surface area contributed by atoms with E-state index in [2.05, 4.69) is 61.5 Å². The highest BCUT2D eigenvalue weighted by Gasteiger charge is 2.04. The van der Waals surface area contributed by atoms with Gasteiger partial charge in [0.1, 0.15) is 0 Å². The summed E-state index contributed by atoms with van der Waals surface area (Å²) in [6, 6.07) is 0. The highest BCUT2D eigenvalue weighted by Crippen LogP contribution is 2.20. The lowest BCUT2D eigenvalue weighted by molar-refractivity contribution is 0.582. The summed E-state index contributed by atoms with van der Waals surface area (Å²) in [5.74, 6) is 0. The molecule has 0 saturated carbocycles. The van der Waals surface area contributed by atoms with Gasteiger partial charge in [0, 0.05) is 19.2 Å². The van der Waals surface area contributed by atoms with Gasteiger partial charge in [-0.1, -0.05) is 36.5 Å². The van der Waals surface area contributed by atoms with Crippen LogP contribution in [0.4, 0.5) is 0 Å². The van der Waals surface area contributed by atoms with Crippen molar-refractivity contribution in [1.29, 1.82) is 0 Å². The molecule has 1 heteroatoms. The molecule has 0 aromatic rings. The molecule has 16 heavy (non-hydrogen) atoms. The van der Waals surface area contributed by atoms with Gasteiger partial charge in [-0.3, -0.25) is 0 Å². The smallest absolute Gasteiger partial charge is 0.0172 e. The van der Waals surface area contributed by atoms with Crippen LogP contribution < -0.4 is 0 Å². The molecule has 1 heterocycles. The molecule has 84 valence electrons. The fraction of sp³-hybridized carbons (Fsp3) is 0.333. The van der Waals surface area contributed by atoms with Crippen molar-refractivity contribution in [1.82, 2.24) is 4.90 Å². The predicted octanol–water partition coefficient (Wildman–Crippen LogP) is 3.94. The molecule has 0 saturated heterocycles. The van der Waals surface area contributed by atoms with Gasteiger partial charge in [-0.25, -0.2) is 0 Å². The van der Waals surface area contributed by atoms with Crippen LogP contribution in [0.2, 0.25) is 0 Å². The van der Waals surface area contributed by atoms with Gasteiger partial charge in [-0.2, -0.15) is 0 Å². The lowest BCUT2D eigenvalue weighted by atomic mass is 10.1. The molecule has 1 aliphatic heterocycles. The van der Waals surface area contributed by atoms with E-state index in [9.17, 15) is 0 Å². The molecule has 0 spiro atoms. The Morgan fingerprint density at radius 2 is 2.19 bits per heavy atom. The third-order valence-corrected chi connectivity index (χ3v) is 3.13. The Kier molecular flexibility index (Phi) is 3.45. The highest BCUT2D eigenvalue weighted by molar-refractivity contribution is 5.39. The van der Waals surface area contributed by atoms with Crippen LogP contribution in [-0.4, -0.2) is 11.9 Å². The normalized spacial score (nSPS) is 22.4. The second-order valence-corrected chi connectivity index (χ2v) is 4.35. The summed E-state index contributed by atoms with van der Waals surface area (Å²) in [6.45, 7) is 2.18. The second kappa shape index (κ2) is 5.02. The average Bonchev–Trinajstić information content (AvgIpc) is 2.84. The number of hydrogen-bond acceptors (Lipinski definition) is 1. The fourth-order valence-corrected chi connectivity index (χ4v) is 2.04. The van der Waals surface area contributed by atoms with Gasteiger partial charge >= 0.3 is 0 Å². The third-order valence-electron chi connectivity index (χ3n) is 3.13. The Bertz CT molecular complexity index is 405. The van der Waals surface area contributed by atoms with E-state index in [4.69, 9.17) is 0 Å². The summed E-state index contributed by atoms with van der Waals surface area (Å²) in [4.78, 5) is 2.19. The summed E-state index contributed by atoms with van der Waals surface area (Å²) in [5.41, 5.74) is 4.26. The minimum atomic E-state index is 1.03. The van der Waals surface area contributed by atoms with Crippen molar-refractivity contribution < 1.29 is 0 Å². The van der Waals surface area contributed by atoms with Gasteiger partial charge in [-0.05, 0) is 37.1 Å². The maximum Gasteiger partial charge on any atom is 0.0172 e. The molecular formula is C15H19N. The zero-order valence-electron chi connectivity index (χ0n) is 10.1. The Balaban J connectivity index is 1.85. The first-order chi connectivity index (χ1) is 7.77. The molecule has 0 aromatic heterocycles. The van der Waals surface area contributed by atoms with Gasteiger partial charge in [0.25, 0.3) is 0 Å². The Morgan fingerprint density at radius 3 is 2.81 bits per heavy atom. The SMILES string of the molecule is CC1=C(/C=C/C/C=C2/CC=CN2C)CC=C1. The van der Waals surface area contributed by atoms with Gasteiger partial charge in [0.15, 0.2) is 0 Å². The first-order valence-electron chi connectivity index (χ1n) is 5.89. The van der Waals surface area contributed by atoms with E-state index < -0.39 is 0 Å². The van der Waals surface area contributed by atoms with Crippen LogP contribution >= 0.6 is 0 Å². The van der Waals surface area contributed by atoms with E-state index in [0.717, 1.165) is 19.3 Å². The van der Waals surface area contributed by atoms with E-state index in [-0.39, 0.29) is 0 Å². The maximum absolute atomic E-state index is 2.30. The molecule has 0 radical (unpaired) electrons. The van der Waals surface area contributed by atoms with Crippen molar-refractivity contribution in [3.05, 3.63) is 59.5 Å². The molecule has 0 fully saturated rings. The van der Waals surface area contributed by atoms with Crippen LogP contribution in [0.5, 0.6) is 0 Å². The summed E-state index contributed by atoms with van der Waals surface area (Å²) in [5, 5.41) is 0. The van der Waals surface area contributed by atoms with Crippen molar-refractivity contribution >= 4 is 0 Å². The standard InChI is InChI=1S/C15H19N/c1-13-7-5-9-14(13)8-3-4-10-15-11-6-12-16(15)2/h3,5-8,10,12H,4,9,11H2,1-2H3/b8-3+,15-10-. The zero-order chi connectivity index (χ0) is 11.4. The lowest BCUT2D eigenvalue weighted by Gasteiger charge is -2.10. The summed E-state index contributed by atoms with van der Waals surface area (Å²) in [7, 11) is 2.10. The van der Waals surface area contributed by atoms with Gasteiger partial charge < -0.3 is 4.90 Å². The molecule has 2 aliphatic rings. The highest BCUT2D eigenvalue weighted by atomic mass is 15.1. The van der Waals surface area contributed by atoms with E-state index >= 15 is 0 Å². The first-order valence-corrected chi connectivity index (χ1v) is 5.89. The Hall–Kier alpha value is -1.50. The van der Waals surface area contributed by atoms with Crippen molar-refractivity contribution in [2.24, 2.45) is 0 Å². The molecule has 0 bridgehead atoms. The molecule has 0 N–H and O–H groups in total. The number of hydrogen-bond donors (Lipinski definition) is 0. The molecular weight excluding hydrogens is 194 g/mol. The van der Waals surface area contributed by atoms with Gasteiger partial charge in [-0.15, -0.1) is 0 Å². The molecule has 0 aromatic carbocycles. The maximum atomic E-state index is 2.30. The predicted molar refractivity (Wildman–Crippen MR) is 69.8 cm³/mol. The summed E-state index contributed by atoms with van der Waals surface area (Å²) in [6.07, 6.45) is 18.8. The minimum Gasteiger partial charge on any atom is -0.355 e. The van der Waals surface area contributed by atoms with Crippen LogP contribution in [-0.2, 0) is 0 Å². The van der Waals surface area contributed by atoms with E-state index in [1.165, 1.54) is 16.8 Å². The van der Waals surface area contributed by atoms with E-state index in [1.807, 2.05) is 0 Å². The average molecular weight is 213 g/mol. The van der Waals surface area contributed by atoms with Crippen molar-refractivity contribution in [3.63, 3.8) is 0 Å². The first kappa shape index (κ1) is 11.0. The monoisotopic (exact) mass is 213 g/mol. The number of nitrogens with zero attached hydrogens (tertiary/aromatic N) is 1. The van der Waals surface area contributed by atoms with Gasteiger partial charge in [0.2, 0.25) is 0 Å². The van der Waals surface area contributed by atoms with Crippen molar-refractivity contribution in [2.45, 2.75) is 26.2 Å². The summed E-state index contributed by atoms with van der Waals surface area (Å²) < 4.78 is 0. The van der Waals surface area contributed by atoms with Crippen LogP contribution in [0, 0.1) is 0 Å². The number of rotatable bonds is 3. The van der Waals surface area contributed by atoms with Crippen LogP contribution in [0.15, 0.2) is 59.5 Å². The Labute approximate surface area is 98.1 Å². The molecule has 0 amide bonds. The molecule has 1 aliphatic carbocycles. The molecule has 0 unspecified atom stereocenters. The number of allylic oxidation sites excluding steroid dienone is 8. The topological polar surface area (TPSA) is 3.24 Å². The summed E-state index contributed by atoms with van der Waals surface area (Å²) >= 11 is 0. The molecule has 0 atom stereocenters. The molecule has 1 nitrogen and oxygen atoms in total. The minimum absolute atomic E-state index is 1.03. The van der Waals surface area contributed by atoms with Crippen molar-refractivity contribution in [2.75, 3.05) is 7.05 Å². The Morgan fingerprint density at radius 1 is 1.31 bits per heavy atom. The second-order valence-electron chi connectivity index (χ2n) is 4.35.